The van der Waals surface area contributed by atoms with Crippen molar-refractivity contribution in [3.63, 3.8) is 0 Å². The molecule has 0 saturated carbocycles. The Labute approximate surface area is 140 Å². The molecule has 4 heteroatoms. The second kappa shape index (κ2) is 6.87. The van der Waals surface area contributed by atoms with Crippen molar-refractivity contribution >= 4 is 29.3 Å². The zero-order valence-electron chi connectivity index (χ0n) is 13.2. The van der Waals surface area contributed by atoms with Crippen LogP contribution in [0.3, 0.4) is 0 Å². The van der Waals surface area contributed by atoms with Crippen molar-refractivity contribution in [2.24, 2.45) is 0 Å². The quantitative estimate of drug-likeness (QED) is 0.688. The molecule has 0 aliphatic carbocycles. The second-order valence-corrected chi connectivity index (χ2v) is 5.37. The Balaban J connectivity index is 1.92. The molecule has 0 radical (unpaired) electrons. The average molecular weight is 316 g/mol. The first-order chi connectivity index (χ1) is 11.7. The molecule has 1 aromatic heterocycles. The van der Waals surface area contributed by atoms with Crippen LogP contribution in [0.5, 0.6) is 0 Å². The summed E-state index contributed by atoms with van der Waals surface area (Å²) in [6.45, 7) is 1.84. The molecule has 0 spiro atoms. The molecular formula is C20H16N2O2. The first-order valence-electron chi connectivity index (χ1n) is 7.56. The standard InChI is InChI=1S/C20H16N2O2/c1-15-6-2-3-10-18(15)20(24)22(14-23)13-11-17-8-4-7-16-9-5-12-21-19(16)17/h2-14H,1H3/b13-11+. The molecule has 0 aliphatic rings. The summed E-state index contributed by atoms with van der Waals surface area (Å²) < 4.78 is 0. The van der Waals surface area contributed by atoms with Crippen molar-refractivity contribution in [2.45, 2.75) is 6.92 Å². The lowest BCUT2D eigenvalue weighted by Gasteiger charge is -2.12. The van der Waals surface area contributed by atoms with E-state index in [2.05, 4.69) is 4.98 Å². The molecule has 0 atom stereocenters. The molecule has 24 heavy (non-hydrogen) atoms. The van der Waals surface area contributed by atoms with Crippen molar-refractivity contribution in [2.75, 3.05) is 0 Å². The Morgan fingerprint density at radius 3 is 2.62 bits per heavy atom. The number of aromatic nitrogens is 1. The molecule has 0 unspecified atom stereocenters. The van der Waals surface area contributed by atoms with Gasteiger partial charge in [-0.25, -0.2) is 0 Å². The van der Waals surface area contributed by atoms with Crippen molar-refractivity contribution in [3.8, 4) is 0 Å². The topological polar surface area (TPSA) is 50.3 Å². The molecular weight excluding hydrogens is 300 g/mol. The van der Waals surface area contributed by atoms with Gasteiger partial charge in [0.15, 0.2) is 0 Å². The van der Waals surface area contributed by atoms with Gasteiger partial charge in [-0.1, -0.05) is 42.5 Å². The van der Waals surface area contributed by atoms with Gasteiger partial charge in [0.2, 0.25) is 6.41 Å². The van der Waals surface area contributed by atoms with Crippen LogP contribution in [-0.2, 0) is 4.79 Å². The number of rotatable bonds is 4. The third-order valence-electron chi connectivity index (χ3n) is 3.80. The molecule has 0 bridgehead atoms. The predicted octanol–water partition coefficient (Wildman–Crippen LogP) is 3.81. The van der Waals surface area contributed by atoms with Gasteiger partial charge in [-0.15, -0.1) is 0 Å². The fraction of sp³-hybridized carbons (Fsp3) is 0.0500. The van der Waals surface area contributed by atoms with Gasteiger partial charge >= 0.3 is 0 Å². The summed E-state index contributed by atoms with van der Waals surface area (Å²) in [4.78, 5) is 29.3. The van der Waals surface area contributed by atoms with E-state index < -0.39 is 0 Å². The average Bonchev–Trinajstić information content (AvgIpc) is 2.62. The molecule has 3 aromatic rings. The number of para-hydroxylation sites is 1. The van der Waals surface area contributed by atoms with Crippen LogP contribution in [0.25, 0.3) is 17.0 Å². The van der Waals surface area contributed by atoms with E-state index in [0.29, 0.717) is 12.0 Å². The van der Waals surface area contributed by atoms with E-state index in [9.17, 15) is 9.59 Å². The maximum absolute atomic E-state index is 12.5. The molecule has 1 heterocycles. The zero-order chi connectivity index (χ0) is 16.9. The summed E-state index contributed by atoms with van der Waals surface area (Å²) in [6.07, 6.45) is 5.44. The second-order valence-electron chi connectivity index (χ2n) is 5.37. The van der Waals surface area contributed by atoms with Gasteiger partial charge in [0.1, 0.15) is 0 Å². The van der Waals surface area contributed by atoms with E-state index in [0.717, 1.165) is 26.9 Å². The predicted molar refractivity (Wildman–Crippen MR) is 94.2 cm³/mol. The van der Waals surface area contributed by atoms with Gasteiger partial charge in [0, 0.05) is 28.9 Å². The lowest BCUT2D eigenvalue weighted by atomic mass is 10.1. The van der Waals surface area contributed by atoms with Gasteiger partial charge in [0.25, 0.3) is 5.91 Å². The smallest absolute Gasteiger partial charge is 0.264 e. The Morgan fingerprint density at radius 1 is 1.04 bits per heavy atom. The van der Waals surface area contributed by atoms with E-state index in [1.807, 2.05) is 49.4 Å². The Hall–Kier alpha value is -3.27. The van der Waals surface area contributed by atoms with Crippen molar-refractivity contribution < 1.29 is 9.59 Å². The maximum atomic E-state index is 12.5. The van der Waals surface area contributed by atoms with Crippen molar-refractivity contribution in [1.82, 2.24) is 9.88 Å². The van der Waals surface area contributed by atoms with Gasteiger partial charge in [0.05, 0.1) is 5.52 Å². The van der Waals surface area contributed by atoms with Gasteiger partial charge in [-0.05, 0) is 30.7 Å². The third kappa shape index (κ3) is 3.08. The lowest BCUT2D eigenvalue weighted by molar-refractivity contribution is -0.114. The molecule has 2 amide bonds. The van der Waals surface area contributed by atoms with Gasteiger partial charge in [-0.2, -0.15) is 0 Å². The summed E-state index contributed by atoms with van der Waals surface area (Å²) in [5.74, 6) is -0.354. The SMILES string of the molecule is Cc1ccccc1C(=O)N(C=O)/C=C/c1cccc2cccnc12. The highest BCUT2D eigenvalue weighted by Gasteiger charge is 2.14. The van der Waals surface area contributed by atoms with Crippen molar-refractivity contribution in [1.29, 1.82) is 0 Å². The van der Waals surface area contributed by atoms with Crippen LogP contribution in [0.2, 0.25) is 0 Å². The van der Waals surface area contributed by atoms with Crippen LogP contribution in [0, 0.1) is 6.92 Å². The molecule has 2 aromatic carbocycles. The maximum Gasteiger partial charge on any atom is 0.264 e. The van der Waals surface area contributed by atoms with Crippen LogP contribution in [0.4, 0.5) is 0 Å². The summed E-state index contributed by atoms with van der Waals surface area (Å²) in [6, 6.07) is 16.8. The number of carbonyl (C=O) groups excluding carboxylic acids is 2. The number of benzene rings is 2. The van der Waals surface area contributed by atoms with Crippen molar-refractivity contribution in [3.05, 3.63) is 83.7 Å². The first kappa shape index (κ1) is 15.6. The summed E-state index contributed by atoms with van der Waals surface area (Å²) >= 11 is 0. The largest absolute Gasteiger partial charge is 0.278 e. The Kier molecular flexibility index (Phi) is 4.47. The molecule has 3 rings (SSSR count). The van der Waals surface area contributed by atoms with E-state index in [4.69, 9.17) is 0 Å². The summed E-state index contributed by atoms with van der Waals surface area (Å²) in [5, 5.41) is 1.00. The molecule has 0 aliphatic heterocycles. The monoisotopic (exact) mass is 316 g/mol. The van der Waals surface area contributed by atoms with E-state index in [1.165, 1.54) is 6.20 Å². The normalized spacial score (nSPS) is 10.9. The minimum atomic E-state index is -0.354. The highest BCUT2D eigenvalue weighted by atomic mass is 16.2. The van der Waals surface area contributed by atoms with Crippen LogP contribution in [-0.4, -0.2) is 22.2 Å². The zero-order valence-corrected chi connectivity index (χ0v) is 13.2. The van der Waals surface area contributed by atoms with Gasteiger partial charge < -0.3 is 0 Å². The van der Waals surface area contributed by atoms with Crippen LogP contribution in [0.15, 0.2) is 67.0 Å². The summed E-state index contributed by atoms with van der Waals surface area (Å²) in [7, 11) is 0. The Bertz CT molecular complexity index is 926. The molecule has 0 N–H and O–H groups in total. The molecule has 0 saturated heterocycles. The number of amides is 2. The van der Waals surface area contributed by atoms with E-state index in [-0.39, 0.29) is 5.91 Å². The van der Waals surface area contributed by atoms with Crippen LogP contribution >= 0.6 is 0 Å². The Morgan fingerprint density at radius 2 is 1.83 bits per heavy atom. The number of aryl methyl sites for hydroxylation is 1. The highest BCUT2D eigenvalue weighted by molar-refractivity contribution is 6.02. The third-order valence-corrected chi connectivity index (χ3v) is 3.80. The minimum Gasteiger partial charge on any atom is -0.278 e. The fourth-order valence-electron chi connectivity index (χ4n) is 2.53. The number of hydrogen-bond donors (Lipinski definition) is 0. The van der Waals surface area contributed by atoms with Gasteiger partial charge in [-0.3, -0.25) is 19.5 Å². The highest BCUT2D eigenvalue weighted by Crippen LogP contribution is 2.18. The molecule has 4 nitrogen and oxygen atoms in total. The number of carbonyl (C=O) groups is 2. The van der Waals surface area contributed by atoms with E-state index >= 15 is 0 Å². The number of fused-ring (bicyclic) bond motifs is 1. The first-order valence-corrected chi connectivity index (χ1v) is 7.56. The van der Waals surface area contributed by atoms with Crippen LogP contribution < -0.4 is 0 Å². The molecule has 0 fully saturated rings. The number of nitrogens with zero attached hydrogens (tertiary/aromatic N) is 2. The minimum absolute atomic E-state index is 0.354. The lowest BCUT2D eigenvalue weighted by Crippen LogP contribution is -2.24. The number of hydrogen-bond acceptors (Lipinski definition) is 3. The molecule has 118 valence electrons. The van der Waals surface area contributed by atoms with E-state index in [1.54, 1.807) is 24.4 Å². The fourth-order valence-corrected chi connectivity index (χ4v) is 2.53. The van der Waals surface area contributed by atoms with Crippen LogP contribution in [0.1, 0.15) is 21.5 Å². The number of imide groups is 1. The summed E-state index contributed by atoms with van der Waals surface area (Å²) in [5.41, 5.74) is 3.00. The number of pyridine rings is 1.